The molecule has 1 saturated heterocycles. The van der Waals surface area contributed by atoms with E-state index in [1.165, 1.54) is 17.0 Å². The second-order valence-corrected chi connectivity index (χ2v) is 5.51. The maximum atomic E-state index is 13.8. The minimum absolute atomic E-state index is 0.169. The Morgan fingerprint density at radius 1 is 1.35 bits per heavy atom. The number of aliphatic carboxylic acids is 1. The standard InChI is InChI=1S/C17H20FNO4/c1-12(14-4-2-3-5-15(14)18)10-16(20)19(11-17(21)22)13-6-8-23-9-7-13/h2-5,10,13H,6-9,11H2,1H3,(H,21,22)/b12-10+. The number of carboxylic acid groups (broad SMARTS) is 1. The van der Waals surface area contributed by atoms with Crippen LogP contribution in [0.4, 0.5) is 4.39 Å². The summed E-state index contributed by atoms with van der Waals surface area (Å²) in [5.74, 6) is -1.90. The first-order valence-electron chi connectivity index (χ1n) is 7.52. The number of carbonyl (C=O) groups is 2. The zero-order valence-electron chi connectivity index (χ0n) is 13.0. The van der Waals surface area contributed by atoms with Crippen LogP contribution in [0.25, 0.3) is 5.57 Å². The normalized spacial score (nSPS) is 16.2. The van der Waals surface area contributed by atoms with Crippen LogP contribution in [0.15, 0.2) is 30.3 Å². The van der Waals surface area contributed by atoms with E-state index >= 15 is 0 Å². The molecule has 1 heterocycles. The molecular formula is C17H20FNO4. The summed E-state index contributed by atoms with van der Waals surface area (Å²) in [5.41, 5.74) is 0.804. The molecule has 0 spiro atoms. The number of carbonyl (C=O) groups excluding carboxylic acids is 1. The van der Waals surface area contributed by atoms with Gasteiger partial charge in [-0.1, -0.05) is 18.2 Å². The van der Waals surface area contributed by atoms with Gasteiger partial charge in [-0.25, -0.2) is 4.39 Å². The number of benzene rings is 1. The van der Waals surface area contributed by atoms with E-state index in [1.54, 1.807) is 25.1 Å². The third-order valence-electron chi connectivity index (χ3n) is 3.86. The third-order valence-corrected chi connectivity index (χ3v) is 3.86. The molecule has 6 heteroatoms. The average Bonchev–Trinajstić information content (AvgIpc) is 2.53. The van der Waals surface area contributed by atoms with Gasteiger partial charge < -0.3 is 14.7 Å². The van der Waals surface area contributed by atoms with Gasteiger partial charge in [0.05, 0.1) is 0 Å². The monoisotopic (exact) mass is 321 g/mol. The van der Waals surface area contributed by atoms with Crippen molar-refractivity contribution in [2.75, 3.05) is 19.8 Å². The molecule has 1 amide bonds. The molecule has 124 valence electrons. The zero-order valence-corrected chi connectivity index (χ0v) is 13.0. The number of allylic oxidation sites excluding steroid dienone is 1. The number of halogens is 1. The SMILES string of the molecule is C/C(=C\C(=O)N(CC(=O)O)C1CCOCC1)c1ccccc1F. The van der Waals surface area contributed by atoms with E-state index in [-0.39, 0.29) is 12.6 Å². The van der Waals surface area contributed by atoms with E-state index in [0.29, 0.717) is 37.2 Å². The van der Waals surface area contributed by atoms with Crippen LogP contribution in [-0.4, -0.2) is 47.7 Å². The molecule has 0 unspecified atom stereocenters. The van der Waals surface area contributed by atoms with Crippen molar-refractivity contribution in [2.24, 2.45) is 0 Å². The lowest BCUT2D eigenvalue weighted by molar-refractivity contribution is -0.145. The fraction of sp³-hybridized carbons (Fsp3) is 0.412. The van der Waals surface area contributed by atoms with Gasteiger partial charge in [-0.2, -0.15) is 0 Å². The summed E-state index contributed by atoms with van der Waals surface area (Å²) in [6.07, 6.45) is 2.51. The zero-order chi connectivity index (χ0) is 16.8. The number of hydrogen-bond acceptors (Lipinski definition) is 3. The van der Waals surface area contributed by atoms with E-state index in [0.717, 1.165) is 0 Å². The van der Waals surface area contributed by atoms with Gasteiger partial charge in [0.1, 0.15) is 12.4 Å². The number of amides is 1. The van der Waals surface area contributed by atoms with Crippen LogP contribution in [0.2, 0.25) is 0 Å². The molecular weight excluding hydrogens is 301 g/mol. The Kier molecular flexibility index (Phi) is 5.87. The van der Waals surface area contributed by atoms with Crippen molar-refractivity contribution in [1.82, 2.24) is 4.90 Å². The van der Waals surface area contributed by atoms with E-state index in [2.05, 4.69) is 0 Å². The highest BCUT2D eigenvalue weighted by molar-refractivity contribution is 5.96. The highest BCUT2D eigenvalue weighted by atomic mass is 19.1. The van der Waals surface area contributed by atoms with E-state index in [4.69, 9.17) is 9.84 Å². The summed E-state index contributed by atoms with van der Waals surface area (Å²) >= 11 is 0. The molecule has 23 heavy (non-hydrogen) atoms. The Bertz CT molecular complexity index is 608. The summed E-state index contributed by atoms with van der Waals surface area (Å²) < 4.78 is 19.0. The molecule has 1 N–H and O–H groups in total. The van der Waals surface area contributed by atoms with Crippen LogP contribution in [0.3, 0.4) is 0 Å². The molecule has 1 aromatic carbocycles. The second-order valence-electron chi connectivity index (χ2n) is 5.51. The number of rotatable bonds is 5. The van der Waals surface area contributed by atoms with Crippen LogP contribution >= 0.6 is 0 Å². The maximum Gasteiger partial charge on any atom is 0.323 e. The summed E-state index contributed by atoms with van der Waals surface area (Å²) in [7, 11) is 0. The van der Waals surface area contributed by atoms with Crippen LogP contribution in [0.5, 0.6) is 0 Å². The first-order valence-corrected chi connectivity index (χ1v) is 7.52. The Balaban J connectivity index is 2.20. The smallest absolute Gasteiger partial charge is 0.323 e. The maximum absolute atomic E-state index is 13.8. The van der Waals surface area contributed by atoms with Gasteiger partial charge in [-0.3, -0.25) is 9.59 Å². The van der Waals surface area contributed by atoms with Crippen LogP contribution in [0, 0.1) is 5.82 Å². The van der Waals surface area contributed by atoms with Crippen LogP contribution < -0.4 is 0 Å². The lowest BCUT2D eigenvalue weighted by atomic mass is 10.0. The lowest BCUT2D eigenvalue weighted by Crippen LogP contribution is -2.45. The van der Waals surface area contributed by atoms with Crippen molar-refractivity contribution >= 4 is 17.4 Å². The Hall–Kier alpha value is -2.21. The van der Waals surface area contributed by atoms with Crippen molar-refractivity contribution in [1.29, 1.82) is 0 Å². The molecule has 1 fully saturated rings. The number of nitrogens with zero attached hydrogens (tertiary/aromatic N) is 1. The van der Waals surface area contributed by atoms with Gasteiger partial charge in [0, 0.05) is 30.9 Å². The molecule has 0 bridgehead atoms. The summed E-state index contributed by atoms with van der Waals surface area (Å²) in [4.78, 5) is 24.9. The third kappa shape index (κ3) is 4.63. The molecule has 1 aliphatic rings. The minimum Gasteiger partial charge on any atom is -0.480 e. The van der Waals surface area contributed by atoms with Crippen molar-refractivity contribution in [3.8, 4) is 0 Å². The quantitative estimate of drug-likeness (QED) is 0.845. The van der Waals surface area contributed by atoms with Crippen LogP contribution in [-0.2, 0) is 14.3 Å². The van der Waals surface area contributed by atoms with Crippen molar-refractivity contribution in [3.05, 3.63) is 41.7 Å². The van der Waals surface area contributed by atoms with Gasteiger partial charge in [0.2, 0.25) is 5.91 Å². The lowest BCUT2D eigenvalue weighted by Gasteiger charge is -2.32. The summed E-state index contributed by atoms with van der Waals surface area (Å²) in [6.45, 7) is 2.28. The predicted molar refractivity (Wildman–Crippen MR) is 83.2 cm³/mol. The molecule has 0 radical (unpaired) electrons. The molecule has 1 aromatic rings. The highest BCUT2D eigenvalue weighted by Gasteiger charge is 2.26. The molecule has 5 nitrogen and oxygen atoms in total. The topological polar surface area (TPSA) is 66.8 Å². The molecule has 0 atom stereocenters. The Morgan fingerprint density at radius 2 is 2.00 bits per heavy atom. The molecule has 0 aliphatic carbocycles. The van der Waals surface area contributed by atoms with Gasteiger partial charge in [-0.15, -0.1) is 0 Å². The number of ether oxygens (including phenoxy) is 1. The molecule has 0 saturated carbocycles. The summed E-state index contributed by atoms with van der Waals surface area (Å²) in [5, 5.41) is 9.05. The average molecular weight is 321 g/mol. The van der Waals surface area contributed by atoms with Gasteiger partial charge in [-0.05, 0) is 31.4 Å². The summed E-state index contributed by atoms with van der Waals surface area (Å²) in [6, 6.07) is 6.01. The van der Waals surface area contributed by atoms with Crippen LogP contribution in [0.1, 0.15) is 25.3 Å². The van der Waals surface area contributed by atoms with Crippen molar-refractivity contribution < 1.29 is 23.8 Å². The van der Waals surface area contributed by atoms with E-state index < -0.39 is 17.7 Å². The number of hydrogen-bond donors (Lipinski definition) is 1. The van der Waals surface area contributed by atoms with Gasteiger partial charge in [0.25, 0.3) is 0 Å². The second kappa shape index (κ2) is 7.87. The fourth-order valence-corrected chi connectivity index (χ4v) is 2.66. The predicted octanol–water partition coefficient (Wildman–Crippen LogP) is 2.32. The van der Waals surface area contributed by atoms with Gasteiger partial charge in [0.15, 0.2) is 0 Å². The largest absolute Gasteiger partial charge is 0.480 e. The molecule has 0 aromatic heterocycles. The van der Waals surface area contributed by atoms with Crippen molar-refractivity contribution in [3.63, 3.8) is 0 Å². The Morgan fingerprint density at radius 3 is 2.61 bits per heavy atom. The van der Waals surface area contributed by atoms with E-state index in [1.807, 2.05) is 0 Å². The highest BCUT2D eigenvalue weighted by Crippen LogP contribution is 2.20. The number of carboxylic acids is 1. The van der Waals surface area contributed by atoms with E-state index in [9.17, 15) is 14.0 Å². The molecule has 2 rings (SSSR count). The molecule has 1 aliphatic heterocycles. The first kappa shape index (κ1) is 17.1. The fourth-order valence-electron chi connectivity index (χ4n) is 2.66. The van der Waals surface area contributed by atoms with Crippen molar-refractivity contribution in [2.45, 2.75) is 25.8 Å². The Labute approximate surface area is 134 Å². The first-order chi connectivity index (χ1) is 11.0. The minimum atomic E-state index is -1.07. The van der Waals surface area contributed by atoms with Gasteiger partial charge >= 0.3 is 5.97 Å².